The number of ether oxygens (including phenoxy) is 1. The SMILES string of the molecule is COCCC(N)C(=O)NCCCN. The summed E-state index contributed by atoms with van der Waals surface area (Å²) in [6, 6.07) is -0.474. The first-order valence-corrected chi connectivity index (χ1v) is 4.44. The Morgan fingerprint density at radius 1 is 1.62 bits per heavy atom. The second kappa shape index (κ2) is 7.97. The van der Waals surface area contributed by atoms with E-state index in [4.69, 9.17) is 16.2 Å². The Morgan fingerprint density at radius 2 is 2.31 bits per heavy atom. The first-order valence-electron chi connectivity index (χ1n) is 4.44. The molecule has 0 spiro atoms. The molecule has 0 radical (unpaired) electrons. The van der Waals surface area contributed by atoms with Gasteiger partial charge in [0.2, 0.25) is 5.91 Å². The number of carbonyl (C=O) groups is 1. The van der Waals surface area contributed by atoms with Gasteiger partial charge >= 0.3 is 0 Å². The average Bonchev–Trinajstić information content (AvgIpc) is 2.14. The molecule has 78 valence electrons. The highest BCUT2D eigenvalue weighted by Crippen LogP contribution is 1.88. The summed E-state index contributed by atoms with van der Waals surface area (Å²) in [5.41, 5.74) is 10.8. The Bertz CT molecular complexity index is 141. The van der Waals surface area contributed by atoms with Crippen molar-refractivity contribution in [1.82, 2.24) is 5.32 Å². The van der Waals surface area contributed by atoms with E-state index in [0.717, 1.165) is 6.42 Å². The zero-order valence-electron chi connectivity index (χ0n) is 8.08. The van der Waals surface area contributed by atoms with E-state index in [1.807, 2.05) is 0 Å². The first kappa shape index (κ1) is 12.3. The predicted molar refractivity (Wildman–Crippen MR) is 51.1 cm³/mol. The summed E-state index contributed by atoms with van der Waals surface area (Å²) in [6.45, 7) is 1.68. The third-order valence-corrected chi connectivity index (χ3v) is 1.65. The van der Waals surface area contributed by atoms with Gasteiger partial charge in [-0.05, 0) is 19.4 Å². The smallest absolute Gasteiger partial charge is 0.237 e. The summed E-state index contributed by atoms with van der Waals surface area (Å²) in [6.07, 6.45) is 1.33. The van der Waals surface area contributed by atoms with E-state index >= 15 is 0 Å². The van der Waals surface area contributed by atoms with E-state index in [-0.39, 0.29) is 5.91 Å². The van der Waals surface area contributed by atoms with Crippen LogP contribution in [-0.4, -0.2) is 38.8 Å². The molecule has 5 nitrogen and oxygen atoms in total. The van der Waals surface area contributed by atoms with Crippen LogP contribution in [-0.2, 0) is 9.53 Å². The summed E-state index contributed by atoms with van der Waals surface area (Å²) in [5.74, 6) is -0.134. The molecule has 1 atom stereocenters. The molecule has 0 aromatic rings. The highest BCUT2D eigenvalue weighted by molar-refractivity contribution is 5.81. The van der Waals surface area contributed by atoms with Crippen LogP contribution < -0.4 is 16.8 Å². The summed E-state index contributed by atoms with van der Waals surface area (Å²) in [4.78, 5) is 11.2. The van der Waals surface area contributed by atoms with Gasteiger partial charge in [-0.15, -0.1) is 0 Å². The number of nitrogens with two attached hydrogens (primary N) is 2. The standard InChI is InChI=1S/C8H19N3O2/c1-13-6-3-7(10)8(12)11-5-2-4-9/h7H,2-6,9-10H2,1H3,(H,11,12). The van der Waals surface area contributed by atoms with Gasteiger partial charge in [-0.25, -0.2) is 0 Å². The number of rotatable bonds is 7. The fraction of sp³-hybridized carbons (Fsp3) is 0.875. The molecule has 1 unspecified atom stereocenters. The fourth-order valence-corrected chi connectivity index (χ4v) is 0.821. The van der Waals surface area contributed by atoms with Crippen LogP contribution in [0.4, 0.5) is 0 Å². The average molecular weight is 189 g/mol. The van der Waals surface area contributed by atoms with Gasteiger partial charge in [0.05, 0.1) is 6.04 Å². The zero-order chi connectivity index (χ0) is 10.1. The maximum absolute atomic E-state index is 11.2. The van der Waals surface area contributed by atoms with Gasteiger partial charge in [-0.2, -0.15) is 0 Å². The lowest BCUT2D eigenvalue weighted by atomic mass is 10.2. The van der Waals surface area contributed by atoms with Gasteiger partial charge in [0.15, 0.2) is 0 Å². The molecule has 13 heavy (non-hydrogen) atoms. The first-order chi connectivity index (χ1) is 6.22. The minimum absolute atomic E-state index is 0.134. The lowest BCUT2D eigenvalue weighted by molar-refractivity contribution is -0.122. The largest absolute Gasteiger partial charge is 0.385 e. The molecule has 0 saturated carbocycles. The van der Waals surface area contributed by atoms with Crippen LogP contribution in [0.3, 0.4) is 0 Å². The molecule has 0 bridgehead atoms. The Morgan fingerprint density at radius 3 is 2.85 bits per heavy atom. The maximum atomic E-state index is 11.2. The number of nitrogens with one attached hydrogen (secondary N) is 1. The number of methoxy groups -OCH3 is 1. The number of hydrogen-bond acceptors (Lipinski definition) is 4. The minimum atomic E-state index is -0.474. The Labute approximate surface area is 78.8 Å². The van der Waals surface area contributed by atoms with Crippen LogP contribution in [0.5, 0.6) is 0 Å². The van der Waals surface area contributed by atoms with Crippen LogP contribution in [0.2, 0.25) is 0 Å². The Kier molecular flexibility index (Phi) is 7.57. The topological polar surface area (TPSA) is 90.4 Å². The van der Waals surface area contributed by atoms with Crippen LogP contribution >= 0.6 is 0 Å². The van der Waals surface area contributed by atoms with Crippen molar-refractivity contribution >= 4 is 5.91 Å². The number of hydrogen-bond donors (Lipinski definition) is 3. The lowest BCUT2D eigenvalue weighted by Crippen LogP contribution is -2.41. The van der Waals surface area contributed by atoms with Gasteiger partial charge in [0.25, 0.3) is 0 Å². The van der Waals surface area contributed by atoms with Crippen LogP contribution in [0.25, 0.3) is 0 Å². The molecule has 1 amide bonds. The normalized spacial score (nSPS) is 12.5. The second-order valence-corrected chi connectivity index (χ2v) is 2.82. The van der Waals surface area contributed by atoms with Gasteiger partial charge in [-0.1, -0.05) is 0 Å². The van der Waals surface area contributed by atoms with Crippen molar-refractivity contribution in [2.75, 3.05) is 26.8 Å². The van der Waals surface area contributed by atoms with Crippen molar-refractivity contribution in [3.8, 4) is 0 Å². The quantitative estimate of drug-likeness (QED) is 0.439. The molecule has 0 fully saturated rings. The second-order valence-electron chi connectivity index (χ2n) is 2.82. The number of amides is 1. The highest BCUT2D eigenvalue weighted by Gasteiger charge is 2.11. The van der Waals surface area contributed by atoms with E-state index in [1.165, 1.54) is 0 Å². The molecule has 5 heteroatoms. The summed E-state index contributed by atoms with van der Waals surface area (Å²) >= 11 is 0. The van der Waals surface area contributed by atoms with Gasteiger partial charge < -0.3 is 21.5 Å². The Hall–Kier alpha value is -0.650. The van der Waals surface area contributed by atoms with Crippen LogP contribution in [0, 0.1) is 0 Å². The molecule has 0 aliphatic rings. The van der Waals surface area contributed by atoms with Gasteiger partial charge in [-0.3, -0.25) is 4.79 Å². The van der Waals surface area contributed by atoms with Crippen molar-refractivity contribution in [2.24, 2.45) is 11.5 Å². The van der Waals surface area contributed by atoms with E-state index in [9.17, 15) is 4.79 Å². The van der Waals surface area contributed by atoms with Crippen molar-refractivity contribution in [2.45, 2.75) is 18.9 Å². The highest BCUT2D eigenvalue weighted by atomic mass is 16.5. The van der Waals surface area contributed by atoms with E-state index < -0.39 is 6.04 Å². The van der Waals surface area contributed by atoms with Gasteiger partial charge in [0, 0.05) is 20.3 Å². The molecular weight excluding hydrogens is 170 g/mol. The summed E-state index contributed by atoms with van der Waals surface area (Å²) in [7, 11) is 1.58. The minimum Gasteiger partial charge on any atom is -0.385 e. The molecule has 5 N–H and O–H groups in total. The van der Waals surface area contributed by atoms with E-state index in [2.05, 4.69) is 5.32 Å². The third-order valence-electron chi connectivity index (χ3n) is 1.65. The number of carbonyl (C=O) groups excluding carboxylic acids is 1. The summed E-state index contributed by atoms with van der Waals surface area (Å²) in [5, 5.41) is 2.69. The lowest BCUT2D eigenvalue weighted by Gasteiger charge is -2.10. The molecular formula is C8H19N3O2. The zero-order valence-corrected chi connectivity index (χ0v) is 8.08. The molecule has 0 aliphatic carbocycles. The van der Waals surface area contributed by atoms with Crippen molar-refractivity contribution in [3.05, 3.63) is 0 Å². The fourth-order valence-electron chi connectivity index (χ4n) is 0.821. The predicted octanol–water partition coefficient (Wildman–Crippen LogP) is -1.18. The van der Waals surface area contributed by atoms with Gasteiger partial charge in [0.1, 0.15) is 0 Å². The van der Waals surface area contributed by atoms with Crippen molar-refractivity contribution < 1.29 is 9.53 Å². The molecule has 0 aromatic carbocycles. The molecule has 0 aliphatic heterocycles. The van der Waals surface area contributed by atoms with Crippen molar-refractivity contribution in [1.29, 1.82) is 0 Å². The third kappa shape index (κ3) is 6.51. The summed E-state index contributed by atoms with van der Waals surface area (Å²) < 4.78 is 4.81. The molecule has 0 rings (SSSR count). The van der Waals surface area contributed by atoms with Crippen LogP contribution in [0.15, 0.2) is 0 Å². The molecule has 0 aromatic heterocycles. The maximum Gasteiger partial charge on any atom is 0.237 e. The molecule has 0 saturated heterocycles. The van der Waals surface area contributed by atoms with E-state index in [0.29, 0.717) is 26.1 Å². The van der Waals surface area contributed by atoms with Crippen LogP contribution in [0.1, 0.15) is 12.8 Å². The molecule has 0 heterocycles. The Balaban J connectivity index is 3.45. The van der Waals surface area contributed by atoms with Crippen molar-refractivity contribution in [3.63, 3.8) is 0 Å². The monoisotopic (exact) mass is 189 g/mol. The van der Waals surface area contributed by atoms with E-state index in [1.54, 1.807) is 7.11 Å².